The highest BCUT2D eigenvalue weighted by Crippen LogP contribution is 2.39. The molecule has 104 valence electrons. The lowest BCUT2D eigenvalue weighted by atomic mass is 9.95. The fourth-order valence-electron chi connectivity index (χ4n) is 3.32. The van der Waals surface area contributed by atoms with Crippen molar-refractivity contribution in [2.75, 3.05) is 0 Å². The standard InChI is InChI=1S/C15H17N3OS/c16-15(19)17-8-10-4-3-7-18(10)14-12(9-17)11-5-1-2-6-13(11)20-14/h3-4,7H,1-2,5-6,8-9H2,(H2,16,19). The summed E-state index contributed by atoms with van der Waals surface area (Å²) in [6.07, 6.45) is 6.96. The van der Waals surface area contributed by atoms with E-state index in [1.165, 1.54) is 40.3 Å². The van der Waals surface area contributed by atoms with Gasteiger partial charge in [-0.2, -0.15) is 0 Å². The van der Waals surface area contributed by atoms with E-state index in [-0.39, 0.29) is 6.03 Å². The highest BCUT2D eigenvalue weighted by Gasteiger charge is 2.27. The maximum absolute atomic E-state index is 11.7. The molecule has 5 heteroatoms. The summed E-state index contributed by atoms with van der Waals surface area (Å²) in [6, 6.07) is 3.79. The van der Waals surface area contributed by atoms with Gasteiger partial charge in [0.2, 0.25) is 0 Å². The first-order valence-corrected chi connectivity index (χ1v) is 7.90. The number of aromatic nitrogens is 1. The SMILES string of the molecule is NC(=O)N1Cc2c(sc3c2CCCC3)-n2cccc2C1. The number of rotatable bonds is 0. The van der Waals surface area contributed by atoms with Crippen LogP contribution in [-0.2, 0) is 25.9 Å². The third-order valence-electron chi connectivity index (χ3n) is 4.32. The first-order chi connectivity index (χ1) is 9.74. The molecule has 4 rings (SSSR count). The largest absolute Gasteiger partial charge is 0.351 e. The highest BCUT2D eigenvalue weighted by atomic mass is 32.1. The fraction of sp³-hybridized carbons (Fsp3) is 0.400. The first-order valence-electron chi connectivity index (χ1n) is 7.08. The van der Waals surface area contributed by atoms with E-state index in [4.69, 9.17) is 5.73 Å². The van der Waals surface area contributed by atoms with Gasteiger partial charge in [-0.15, -0.1) is 11.3 Å². The summed E-state index contributed by atoms with van der Waals surface area (Å²) in [5.74, 6) is 0. The van der Waals surface area contributed by atoms with Crippen LogP contribution in [0.4, 0.5) is 4.79 Å². The van der Waals surface area contributed by atoms with Crippen molar-refractivity contribution >= 4 is 17.4 Å². The van der Waals surface area contributed by atoms with Gasteiger partial charge in [0.05, 0.1) is 13.1 Å². The van der Waals surface area contributed by atoms with Crippen LogP contribution in [0.1, 0.15) is 34.5 Å². The molecule has 2 N–H and O–H groups in total. The van der Waals surface area contributed by atoms with E-state index in [1.807, 2.05) is 17.4 Å². The van der Waals surface area contributed by atoms with Crippen LogP contribution in [-0.4, -0.2) is 15.5 Å². The number of carbonyl (C=O) groups excluding carboxylic acids is 1. The Labute approximate surface area is 121 Å². The second-order valence-corrected chi connectivity index (χ2v) is 6.64. The topological polar surface area (TPSA) is 51.3 Å². The molecule has 2 aromatic heterocycles. The summed E-state index contributed by atoms with van der Waals surface area (Å²) >= 11 is 1.90. The van der Waals surface area contributed by atoms with Gasteiger partial charge in [0.1, 0.15) is 5.00 Å². The van der Waals surface area contributed by atoms with E-state index in [0.717, 1.165) is 12.1 Å². The van der Waals surface area contributed by atoms with Gasteiger partial charge < -0.3 is 15.2 Å². The van der Waals surface area contributed by atoms with Crippen LogP contribution < -0.4 is 5.73 Å². The van der Waals surface area contributed by atoms with Crippen molar-refractivity contribution < 1.29 is 4.79 Å². The van der Waals surface area contributed by atoms with Crippen LogP contribution in [0, 0.1) is 0 Å². The van der Waals surface area contributed by atoms with Gasteiger partial charge in [0.25, 0.3) is 0 Å². The minimum absolute atomic E-state index is 0.332. The number of nitrogens with zero attached hydrogens (tertiary/aromatic N) is 2. The van der Waals surface area contributed by atoms with E-state index in [2.05, 4.69) is 16.8 Å². The predicted molar refractivity (Wildman–Crippen MR) is 79.1 cm³/mol. The number of carbonyl (C=O) groups is 1. The van der Waals surface area contributed by atoms with Crippen LogP contribution in [0.2, 0.25) is 0 Å². The number of urea groups is 1. The number of hydrogen-bond acceptors (Lipinski definition) is 2. The second-order valence-electron chi connectivity index (χ2n) is 5.56. The Bertz CT molecular complexity index is 685. The number of thiophene rings is 1. The van der Waals surface area contributed by atoms with Crippen molar-refractivity contribution in [3.63, 3.8) is 0 Å². The zero-order valence-electron chi connectivity index (χ0n) is 11.3. The summed E-state index contributed by atoms with van der Waals surface area (Å²) < 4.78 is 2.24. The molecule has 3 heterocycles. The van der Waals surface area contributed by atoms with Gasteiger partial charge >= 0.3 is 6.03 Å². The number of nitrogens with two attached hydrogens (primary N) is 1. The zero-order valence-corrected chi connectivity index (χ0v) is 12.1. The van der Waals surface area contributed by atoms with Crippen LogP contribution in [0.25, 0.3) is 5.00 Å². The Morgan fingerprint density at radius 1 is 1.20 bits per heavy atom. The van der Waals surface area contributed by atoms with Crippen LogP contribution in [0.3, 0.4) is 0 Å². The molecule has 2 aliphatic rings. The lowest BCUT2D eigenvalue weighted by Crippen LogP contribution is -2.34. The first kappa shape index (κ1) is 12.0. The monoisotopic (exact) mass is 287 g/mol. The number of fused-ring (bicyclic) bond motifs is 5. The van der Waals surface area contributed by atoms with Crippen molar-refractivity contribution in [1.82, 2.24) is 9.47 Å². The summed E-state index contributed by atoms with van der Waals surface area (Å²) in [7, 11) is 0. The number of aryl methyl sites for hydroxylation is 1. The molecule has 1 aliphatic heterocycles. The van der Waals surface area contributed by atoms with Gasteiger partial charge in [-0.1, -0.05) is 0 Å². The van der Waals surface area contributed by atoms with Crippen molar-refractivity contribution in [3.05, 3.63) is 40.0 Å². The molecule has 0 atom stereocenters. The third-order valence-corrected chi connectivity index (χ3v) is 5.66. The predicted octanol–water partition coefficient (Wildman–Crippen LogP) is 2.81. The normalized spacial score (nSPS) is 17.1. The van der Waals surface area contributed by atoms with Gasteiger partial charge in [-0.3, -0.25) is 0 Å². The molecule has 0 bridgehead atoms. The lowest BCUT2D eigenvalue weighted by molar-refractivity contribution is 0.202. The number of primary amides is 1. The maximum atomic E-state index is 11.7. The molecule has 1 aliphatic carbocycles. The summed E-state index contributed by atoms with van der Waals surface area (Å²) in [5.41, 5.74) is 9.48. The van der Waals surface area contributed by atoms with Crippen LogP contribution in [0.5, 0.6) is 0 Å². The molecule has 0 radical (unpaired) electrons. The zero-order chi connectivity index (χ0) is 13.7. The second kappa shape index (κ2) is 4.38. The minimum atomic E-state index is -0.332. The molecule has 2 aromatic rings. The Hall–Kier alpha value is -1.75. The van der Waals surface area contributed by atoms with Crippen molar-refractivity contribution in [1.29, 1.82) is 0 Å². The molecular formula is C15H17N3OS. The van der Waals surface area contributed by atoms with Crippen molar-refractivity contribution in [3.8, 4) is 5.00 Å². The average molecular weight is 287 g/mol. The minimum Gasteiger partial charge on any atom is -0.351 e. The van der Waals surface area contributed by atoms with Crippen LogP contribution >= 0.6 is 11.3 Å². The molecule has 0 aromatic carbocycles. The van der Waals surface area contributed by atoms with E-state index >= 15 is 0 Å². The van der Waals surface area contributed by atoms with Gasteiger partial charge in [0.15, 0.2) is 0 Å². The molecule has 20 heavy (non-hydrogen) atoms. The van der Waals surface area contributed by atoms with Gasteiger partial charge in [0, 0.05) is 22.3 Å². The molecule has 0 saturated heterocycles. The van der Waals surface area contributed by atoms with E-state index < -0.39 is 0 Å². The average Bonchev–Trinajstić information content (AvgIpc) is 3.00. The van der Waals surface area contributed by atoms with E-state index in [9.17, 15) is 4.79 Å². The molecule has 0 fully saturated rings. The molecule has 0 unspecified atom stereocenters. The number of amides is 2. The number of hydrogen-bond donors (Lipinski definition) is 1. The molecule has 0 spiro atoms. The van der Waals surface area contributed by atoms with Gasteiger partial charge in [-0.25, -0.2) is 4.79 Å². The Morgan fingerprint density at radius 3 is 2.90 bits per heavy atom. The van der Waals surface area contributed by atoms with E-state index in [0.29, 0.717) is 13.1 Å². The fourth-order valence-corrected chi connectivity index (χ4v) is 4.73. The van der Waals surface area contributed by atoms with Crippen molar-refractivity contribution in [2.45, 2.75) is 38.8 Å². The smallest absolute Gasteiger partial charge is 0.315 e. The summed E-state index contributed by atoms with van der Waals surface area (Å²) in [5, 5.41) is 1.29. The van der Waals surface area contributed by atoms with E-state index in [1.54, 1.807) is 4.90 Å². The highest BCUT2D eigenvalue weighted by molar-refractivity contribution is 7.15. The Kier molecular flexibility index (Phi) is 2.63. The molecule has 4 nitrogen and oxygen atoms in total. The summed E-state index contributed by atoms with van der Waals surface area (Å²) in [4.78, 5) is 14.9. The molecule has 0 saturated carbocycles. The lowest BCUT2D eigenvalue weighted by Gasteiger charge is -2.19. The third kappa shape index (κ3) is 1.69. The van der Waals surface area contributed by atoms with Gasteiger partial charge in [-0.05, 0) is 43.4 Å². The quantitative estimate of drug-likeness (QED) is 0.796. The Balaban J connectivity index is 1.92. The van der Waals surface area contributed by atoms with Crippen LogP contribution in [0.15, 0.2) is 18.3 Å². The van der Waals surface area contributed by atoms with Crippen molar-refractivity contribution in [2.24, 2.45) is 5.73 Å². The summed E-state index contributed by atoms with van der Waals surface area (Å²) in [6.45, 7) is 1.25. The maximum Gasteiger partial charge on any atom is 0.315 e. The Morgan fingerprint density at radius 2 is 2.05 bits per heavy atom. The molecule has 2 amide bonds. The molecular weight excluding hydrogens is 270 g/mol.